The van der Waals surface area contributed by atoms with Crippen molar-refractivity contribution in [1.82, 2.24) is 9.78 Å². The van der Waals surface area contributed by atoms with Gasteiger partial charge in [-0.3, -0.25) is 4.68 Å². The fraction of sp³-hybridized carbons (Fsp3) is 0.278. The molecule has 0 spiro atoms. The van der Waals surface area contributed by atoms with Crippen LogP contribution in [0.25, 0.3) is 5.70 Å². The summed E-state index contributed by atoms with van der Waals surface area (Å²) in [6.45, 7) is 0. The Labute approximate surface area is 139 Å². The molecule has 1 unspecified atom stereocenters. The maximum absolute atomic E-state index is 13.9. The highest BCUT2D eigenvalue weighted by atomic mass is 19.1. The highest BCUT2D eigenvalue weighted by molar-refractivity contribution is 5.67. The van der Waals surface area contributed by atoms with Crippen LogP contribution in [0, 0.1) is 11.6 Å². The molecule has 126 valence electrons. The lowest BCUT2D eigenvalue weighted by Gasteiger charge is -2.24. The lowest BCUT2D eigenvalue weighted by molar-refractivity contribution is 0.575. The summed E-state index contributed by atoms with van der Waals surface area (Å²) in [4.78, 5) is 0. The molecule has 1 aliphatic carbocycles. The minimum absolute atomic E-state index is 0.00414. The third kappa shape index (κ3) is 3.04. The van der Waals surface area contributed by atoms with Crippen molar-refractivity contribution in [3.05, 3.63) is 70.7 Å². The number of nitrogens with two attached hydrogens (primary N) is 2. The standard InChI is InChI=1S/C18H20F2N4/c1-24-9-8-16(23-24)12-5-2-4-11(18(12)22)10-15(21)17-13(19)6-3-7-14(17)20/h3,6-10,12H,2,4-5,21-22H2,1H3/b15-10-. The van der Waals surface area contributed by atoms with Crippen LogP contribution in [0.2, 0.25) is 0 Å². The van der Waals surface area contributed by atoms with Gasteiger partial charge in [-0.1, -0.05) is 6.07 Å². The average Bonchev–Trinajstić information content (AvgIpc) is 2.95. The van der Waals surface area contributed by atoms with Crippen molar-refractivity contribution in [2.24, 2.45) is 18.5 Å². The summed E-state index contributed by atoms with van der Waals surface area (Å²) in [5.74, 6) is -1.36. The molecule has 1 aromatic carbocycles. The normalized spacial score (nSPS) is 19.0. The first-order valence-electron chi connectivity index (χ1n) is 7.87. The predicted octanol–water partition coefficient (Wildman–Crippen LogP) is 3.18. The maximum atomic E-state index is 13.9. The second-order valence-corrected chi connectivity index (χ2v) is 6.04. The molecule has 1 aliphatic rings. The molecule has 0 saturated heterocycles. The lowest BCUT2D eigenvalue weighted by Crippen LogP contribution is -2.18. The molecule has 1 heterocycles. The number of hydrogen-bond acceptors (Lipinski definition) is 3. The number of benzene rings is 1. The molecule has 3 rings (SSSR count). The van der Waals surface area contributed by atoms with Crippen molar-refractivity contribution < 1.29 is 8.78 Å². The highest BCUT2D eigenvalue weighted by Gasteiger charge is 2.24. The summed E-state index contributed by atoms with van der Waals surface area (Å²) in [6.07, 6.45) is 6.00. The number of halogens is 2. The molecule has 4 nitrogen and oxygen atoms in total. The molecule has 6 heteroatoms. The molecule has 0 radical (unpaired) electrons. The molecule has 0 saturated carbocycles. The zero-order valence-corrected chi connectivity index (χ0v) is 13.5. The molecular weight excluding hydrogens is 310 g/mol. The van der Waals surface area contributed by atoms with E-state index in [-0.39, 0.29) is 17.2 Å². The molecule has 2 aromatic rings. The first kappa shape index (κ1) is 16.2. The quantitative estimate of drug-likeness (QED) is 0.908. The van der Waals surface area contributed by atoms with Crippen LogP contribution in [-0.2, 0) is 7.05 Å². The van der Waals surface area contributed by atoms with Crippen LogP contribution in [0.1, 0.15) is 36.4 Å². The molecule has 24 heavy (non-hydrogen) atoms. The maximum Gasteiger partial charge on any atom is 0.135 e. The monoisotopic (exact) mass is 330 g/mol. The Hall–Kier alpha value is -2.63. The smallest absolute Gasteiger partial charge is 0.135 e. The van der Waals surface area contributed by atoms with E-state index in [1.54, 1.807) is 10.8 Å². The fourth-order valence-electron chi connectivity index (χ4n) is 3.14. The third-order valence-electron chi connectivity index (χ3n) is 4.36. The van der Waals surface area contributed by atoms with Crippen molar-refractivity contribution in [3.8, 4) is 0 Å². The SMILES string of the molecule is Cn1ccc(C2CCCC(/C=C(\N)c3c(F)cccc3F)=C2N)n1. The summed E-state index contributed by atoms with van der Waals surface area (Å²) >= 11 is 0. The summed E-state index contributed by atoms with van der Waals surface area (Å²) in [6, 6.07) is 5.62. The second-order valence-electron chi connectivity index (χ2n) is 6.04. The van der Waals surface area contributed by atoms with Gasteiger partial charge in [0.05, 0.1) is 11.3 Å². The number of aromatic nitrogens is 2. The Balaban J connectivity index is 1.98. The van der Waals surface area contributed by atoms with E-state index in [1.165, 1.54) is 18.2 Å². The van der Waals surface area contributed by atoms with Crippen molar-refractivity contribution in [2.45, 2.75) is 25.2 Å². The number of hydrogen-bond donors (Lipinski definition) is 2. The van der Waals surface area contributed by atoms with Gasteiger partial charge in [0.1, 0.15) is 11.6 Å². The Kier molecular flexibility index (Phi) is 4.38. The van der Waals surface area contributed by atoms with Gasteiger partial charge in [0.25, 0.3) is 0 Å². The molecule has 0 bridgehead atoms. The molecule has 4 N–H and O–H groups in total. The van der Waals surface area contributed by atoms with Crippen LogP contribution in [0.15, 0.2) is 47.8 Å². The van der Waals surface area contributed by atoms with E-state index in [1.807, 2.05) is 19.3 Å². The van der Waals surface area contributed by atoms with Crippen LogP contribution >= 0.6 is 0 Å². The highest BCUT2D eigenvalue weighted by Crippen LogP contribution is 2.35. The van der Waals surface area contributed by atoms with Gasteiger partial charge in [-0.25, -0.2) is 8.78 Å². The van der Waals surface area contributed by atoms with Crippen LogP contribution in [0.3, 0.4) is 0 Å². The fourth-order valence-corrected chi connectivity index (χ4v) is 3.14. The van der Waals surface area contributed by atoms with Crippen LogP contribution in [-0.4, -0.2) is 9.78 Å². The Morgan fingerprint density at radius 2 is 2.00 bits per heavy atom. The van der Waals surface area contributed by atoms with Gasteiger partial charge in [-0.2, -0.15) is 5.10 Å². The number of allylic oxidation sites excluding steroid dienone is 3. The van der Waals surface area contributed by atoms with Gasteiger partial charge in [-0.15, -0.1) is 0 Å². The van der Waals surface area contributed by atoms with E-state index in [0.717, 1.165) is 30.5 Å². The molecule has 0 amide bonds. The Morgan fingerprint density at radius 3 is 2.62 bits per heavy atom. The van der Waals surface area contributed by atoms with Gasteiger partial charge >= 0.3 is 0 Å². The number of aryl methyl sites for hydroxylation is 1. The average molecular weight is 330 g/mol. The zero-order chi connectivity index (χ0) is 17.3. The Morgan fingerprint density at radius 1 is 1.29 bits per heavy atom. The predicted molar refractivity (Wildman–Crippen MR) is 89.5 cm³/mol. The summed E-state index contributed by atoms with van der Waals surface area (Å²) in [5.41, 5.74) is 14.5. The van der Waals surface area contributed by atoms with Crippen LogP contribution in [0.5, 0.6) is 0 Å². The van der Waals surface area contributed by atoms with Gasteiger partial charge in [0, 0.05) is 30.6 Å². The zero-order valence-electron chi connectivity index (χ0n) is 13.5. The number of rotatable bonds is 3. The molecule has 0 aliphatic heterocycles. The molecule has 1 atom stereocenters. The van der Waals surface area contributed by atoms with Crippen molar-refractivity contribution in [1.29, 1.82) is 0 Å². The second kappa shape index (κ2) is 6.47. The summed E-state index contributed by atoms with van der Waals surface area (Å²) in [7, 11) is 1.85. The van der Waals surface area contributed by atoms with E-state index >= 15 is 0 Å². The van der Waals surface area contributed by atoms with E-state index < -0.39 is 11.6 Å². The topological polar surface area (TPSA) is 69.9 Å². The molecular formula is C18H20F2N4. The van der Waals surface area contributed by atoms with E-state index in [0.29, 0.717) is 5.70 Å². The summed E-state index contributed by atoms with van der Waals surface area (Å²) in [5, 5.41) is 4.42. The first-order chi connectivity index (χ1) is 11.5. The molecule has 0 fully saturated rings. The minimum atomic E-state index is -0.681. The van der Waals surface area contributed by atoms with Crippen molar-refractivity contribution in [2.75, 3.05) is 0 Å². The molecule has 1 aromatic heterocycles. The van der Waals surface area contributed by atoms with Crippen molar-refractivity contribution in [3.63, 3.8) is 0 Å². The lowest BCUT2D eigenvalue weighted by atomic mass is 9.84. The van der Waals surface area contributed by atoms with E-state index in [4.69, 9.17) is 11.5 Å². The Bertz CT molecular complexity index is 800. The van der Waals surface area contributed by atoms with Gasteiger partial charge < -0.3 is 11.5 Å². The van der Waals surface area contributed by atoms with Crippen LogP contribution < -0.4 is 11.5 Å². The largest absolute Gasteiger partial charge is 0.401 e. The van der Waals surface area contributed by atoms with E-state index in [2.05, 4.69) is 5.10 Å². The van der Waals surface area contributed by atoms with E-state index in [9.17, 15) is 8.78 Å². The van der Waals surface area contributed by atoms with Gasteiger partial charge in [0.2, 0.25) is 0 Å². The first-order valence-corrected chi connectivity index (χ1v) is 7.87. The van der Waals surface area contributed by atoms with Crippen molar-refractivity contribution >= 4 is 5.70 Å². The summed E-state index contributed by atoms with van der Waals surface area (Å²) < 4.78 is 29.5. The number of nitrogens with zero attached hydrogens (tertiary/aromatic N) is 2. The van der Waals surface area contributed by atoms with Gasteiger partial charge in [-0.05, 0) is 49.1 Å². The minimum Gasteiger partial charge on any atom is -0.401 e. The van der Waals surface area contributed by atoms with Gasteiger partial charge in [0.15, 0.2) is 0 Å². The van der Waals surface area contributed by atoms with Crippen LogP contribution in [0.4, 0.5) is 8.78 Å². The third-order valence-corrected chi connectivity index (χ3v) is 4.36.